The van der Waals surface area contributed by atoms with E-state index in [1.807, 2.05) is 18.7 Å². The van der Waals surface area contributed by atoms with Crippen molar-refractivity contribution in [2.24, 2.45) is 11.7 Å². The largest absolute Gasteiger partial charge is 0.380 e. The summed E-state index contributed by atoms with van der Waals surface area (Å²) in [5.74, 6) is 0.384. The lowest BCUT2D eigenvalue weighted by Gasteiger charge is -2.31. The summed E-state index contributed by atoms with van der Waals surface area (Å²) in [5.41, 5.74) is 5.90. The van der Waals surface area contributed by atoms with Gasteiger partial charge in [-0.25, -0.2) is 0 Å². The van der Waals surface area contributed by atoms with Gasteiger partial charge < -0.3 is 20.1 Å². The Morgan fingerprint density at radius 2 is 1.55 bits per heavy atom. The first-order chi connectivity index (χ1) is 9.69. The highest BCUT2D eigenvalue weighted by molar-refractivity contribution is 5.79. The standard InChI is InChI=1S/C15H30N2O3/c1-3-19-11-9-17(10-12-20-4-2)15(18)13-5-7-14(16)8-6-13/h13-14H,3-12,16H2,1-2H3. The second-order valence-electron chi connectivity index (χ2n) is 5.33. The van der Waals surface area contributed by atoms with E-state index in [1.165, 1.54) is 0 Å². The van der Waals surface area contributed by atoms with Gasteiger partial charge in [0.1, 0.15) is 0 Å². The van der Waals surface area contributed by atoms with Crippen LogP contribution in [0, 0.1) is 5.92 Å². The highest BCUT2D eigenvalue weighted by atomic mass is 16.5. The molecule has 0 aromatic heterocycles. The Morgan fingerprint density at radius 1 is 1.05 bits per heavy atom. The Hall–Kier alpha value is -0.650. The molecule has 2 N–H and O–H groups in total. The van der Waals surface area contributed by atoms with E-state index in [-0.39, 0.29) is 17.9 Å². The molecule has 20 heavy (non-hydrogen) atoms. The Labute approximate surface area is 122 Å². The number of nitrogens with zero attached hydrogens (tertiary/aromatic N) is 1. The maximum atomic E-state index is 12.6. The van der Waals surface area contributed by atoms with E-state index in [0.29, 0.717) is 39.5 Å². The maximum Gasteiger partial charge on any atom is 0.225 e. The van der Waals surface area contributed by atoms with Crippen molar-refractivity contribution in [2.75, 3.05) is 39.5 Å². The van der Waals surface area contributed by atoms with Gasteiger partial charge in [-0.05, 0) is 39.5 Å². The SMILES string of the molecule is CCOCCN(CCOCC)C(=O)C1CCC(N)CC1. The second kappa shape index (κ2) is 10.1. The molecular weight excluding hydrogens is 256 g/mol. The van der Waals surface area contributed by atoms with Crippen LogP contribution in [-0.4, -0.2) is 56.4 Å². The van der Waals surface area contributed by atoms with E-state index < -0.39 is 0 Å². The average molecular weight is 286 g/mol. The van der Waals surface area contributed by atoms with Crippen molar-refractivity contribution in [1.29, 1.82) is 0 Å². The lowest BCUT2D eigenvalue weighted by Crippen LogP contribution is -2.42. The minimum absolute atomic E-state index is 0.137. The maximum absolute atomic E-state index is 12.6. The number of carbonyl (C=O) groups is 1. The fourth-order valence-corrected chi connectivity index (χ4v) is 2.59. The van der Waals surface area contributed by atoms with Gasteiger partial charge >= 0.3 is 0 Å². The molecule has 0 unspecified atom stereocenters. The molecular formula is C15H30N2O3. The van der Waals surface area contributed by atoms with Crippen LogP contribution in [0.1, 0.15) is 39.5 Å². The van der Waals surface area contributed by atoms with Gasteiger partial charge in [-0.2, -0.15) is 0 Å². The molecule has 0 aromatic carbocycles. The monoisotopic (exact) mass is 286 g/mol. The minimum atomic E-state index is 0.137. The number of hydrogen-bond acceptors (Lipinski definition) is 4. The van der Waals surface area contributed by atoms with Gasteiger partial charge in [0.2, 0.25) is 5.91 Å². The van der Waals surface area contributed by atoms with E-state index in [1.54, 1.807) is 0 Å². The van der Waals surface area contributed by atoms with Crippen molar-refractivity contribution < 1.29 is 14.3 Å². The molecule has 0 radical (unpaired) electrons. The lowest BCUT2D eigenvalue weighted by molar-refractivity contribution is -0.138. The molecule has 1 fully saturated rings. The average Bonchev–Trinajstić information content (AvgIpc) is 2.46. The molecule has 1 saturated carbocycles. The van der Waals surface area contributed by atoms with Gasteiger partial charge in [-0.15, -0.1) is 0 Å². The Balaban J connectivity index is 2.44. The predicted octanol–water partition coefficient (Wildman–Crippen LogP) is 1.41. The summed E-state index contributed by atoms with van der Waals surface area (Å²) in [6.45, 7) is 7.81. The zero-order valence-electron chi connectivity index (χ0n) is 13.0. The van der Waals surface area contributed by atoms with Crippen LogP contribution in [0.4, 0.5) is 0 Å². The van der Waals surface area contributed by atoms with Crippen molar-refractivity contribution in [3.8, 4) is 0 Å². The van der Waals surface area contributed by atoms with E-state index >= 15 is 0 Å². The van der Waals surface area contributed by atoms with Crippen LogP contribution in [0.5, 0.6) is 0 Å². The summed E-state index contributed by atoms with van der Waals surface area (Å²) in [4.78, 5) is 14.5. The van der Waals surface area contributed by atoms with Crippen molar-refractivity contribution >= 4 is 5.91 Å². The normalized spacial score (nSPS) is 22.8. The van der Waals surface area contributed by atoms with Crippen molar-refractivity contribution in [1.82, 2.24) is 4.90 Å². The van der Waals surface area contributed by atoms with Crippen LogP contribution in [0.15, 0.2) is 0 Å². The summed E-state index contributed by atoms with van der Waals surface area (Å²) >= 11 is 0. The van der Waals surface area contributed by atoms with Crippen molar-refractivity contribution in [3.63, 3.8) is 0 Å². The molecule has 0 heterocycles. The highest BCUT2D eigenvalue weighted by Crippen LogP contribution is 2.24. The first-order valence-electron chi connectivity index (χ1n) is 7.88. The van der Waals surface area contributed by atoms with Crippen LogP contribution < -0.4 is 5.73 Å². The molecule has 0 bridgehead atoms. The third-order valence-corrected chi connectivity index (χ3v) is 3.85. The van der Waals surface area contributed by atoms with Gasteiger partial charge in [-0.1, -0.05) is 0 Å². The molecule has 5 heteroatoms. The Bertz CT molecular complexity index is 256. The molecule has 0 spiro atoms. The van der Waals surface area contributed by atoms with E-state index in [0.717, 1.165) is 25.7 Å². The summed E-state index contributed by atoms with van der Waals surface area (Å²) in [7, 11) is 0. The Morgan fingerprint density at radius 3 is 2.00 bits per heavy atom. The smallest absolute Gasteiger partial charge is 0.225 e. The molecule has 1 rings (SSSR count). The summed E-state index contributed by atoms with van der Waals surface area (Å²) in [5, 5.41) is 0. The highest BCUT2D eigenvalue weighted by Gasteiger charge is 2.28. The van der Waals surface area contributed by atoms with Gasteiger partial charge in [0, 0.05) is 38.3 Å². The zero-order valence-corrected chi connectivity index (χ0v) is 13.0. The van der Waals surface area contributed by atoms with Gasteiger partial charge in [0.25, 0.3) is 0 Å². The van der Waals surface area contributed by atoms with E-state index in [9.17, 15) is 4.79 Å². The summed E-state index contributed by atoms with van der Waals surface area (Å²) < 4.78 is 10.7. The second-order valence-corrected chi connectivity index (χ2v) is 5.33. The molecule has 1 aliphatic rings. The predicted molar refractivity (Wildman–Crippen MR) is 79.5 cm³/mol. The molecule has 118 valence electrons. The van der Waals surface area contributed by atoms with Gasteiger partial charge in [0.15, 0.2) is 0 Å². The molecule has 0 aliphatic heterocycles. The fourth-order valence-electron chi connectivity index (χ4n) is 2.59. The number of ether oxygens (including phenoxy) is 2. The number of rotatable bonds is 9. The quantitative estimate of drug-likeness (QED) is 0.651. The fraction of sp³-hybridized carbons (Fsp3) is 0.933. The molecule has 1 aliphatic carbocycles. The third kappa shape index (κ3) is 6.20. The third-order valence-electron chi connectivity index (χ3n) is 3.85. The van der Waals surface area contributed by atoms with Crippen LogP contribution in [0.3, 0.4) is 0 Å². The number of nitrogens with two attached hydrogens (primary N) is 1. The molecule has 0 saturated heterocycles. The van der Waals surface area contributed by atoms with Gasteiger partial charge in [-0.3, -0.25) is 4.79 Å². The molecule has 0 atom stereocenters. The molecule has 1 amide bonds. The Kier molecular flexibility index (Phi) is 8.82. The van der Waals surface area contributed by atoms with E-state index in [2.05, 4.69) is 0 Å². The van der Waals surface area contributed by atoms with E-state index in [4.69, 9.17) is 15.2 Å². The first kappa shape index (κ1) is 17.4. The van der Waals surface area contributed by atoms with Crippen LogP contribution in [0.2, 0.25) is 0 Å². The number of amides is 1. The van der Waals surface area contributed by atoms with Crippen LogP contribution in [-0.2, 0) is 14.3 Å². The van der Waals surface area contributed by atoms with Crippen molar-refractivity contribution in [2.45, 2.75) is 45.6 Å². The first-order valence-corrected chi connectivity index (χ1v) is 7.88. The van der Waals surface area contributed by atoms with Crippen LogP contribution in [0.25, 0.3) is 0 Å². The van der Waals surface area contributed by atoms with Crippen LogP contribution >= 0.6 is 0 Å². The molecule has 0 aromatic rings. The topological polar surface area (TPSA) is 64.8 Å². The molecule has 5 nitrogen and oxygen atoms in total. The summed E-state index contributed by atoms with van der Waals surface area (Å²) in [6, 6.07) is 0.277. The van der Waals surface area contributed by atoms with Crippen molar-refractivity contribution in [3.05, 3.63) is 0 Å². The minimum Gasteiger partial charge on any atom is -0.380 e. The van der Waals surface area contributed by atoms with Gasteiger partial charge in [0.05, 0.1) is 13.2 Å². The lowest BCUT2D eigenvalue weighted by atomic mass is 9.85. The number of carbonyl (C=O) groups excluding carboxylic acids is 1. The number of hydrogen-bond donors (Lipinski definition) is 1. The zero-order chi connectivity index (χ0) is 14.8. The summed E-state index contributed by atoms with van der Waals surface area (Å²) in [6.07, 6.45) is 3.75.